The summed E-state index contributed by atoms with van der Waals surface area (Å²) in [6.45, 7) is 1.84. The molecule has 0 radical (unpaired) electrons. The molecule has 1 unspecified atom stereocenters. The zero-order valence-electron chi connectivity index (χ0n) is 10.4. The number of aryl methyl sites for hydroxylation is 1. The normalized spacial score (nSPS) is 20.6. The van der Waals surface area contributed by atoms with Crippen LogP contribution in [0.2, 0.25) is 0 Å². The van der Waals surface area contributed by atoms with E-state index in [1.54, 1.807) is 0 Å². The van der Waals surface area contributed by atoms with E-state index in [2.05, 4.69) is 15.5 Å². The van der Waals surface area contributed by atoms with Crippen LogP contribution in [0.5, 0.6) is 0 Å². The van der Waals surface area contributed by atoms with E-state index in [0.29, 0.717) is 0 Å². The zero-order valence-corrected chi connectivity index (χ0v) is 10.4. The summed E-state index contributed by atoms with van der Waals surface area (Å²) in [4.78, 5) is 0. The van der Waals surface area contributed by atoms with Gasteiger partial charge in [-0.1, -0.05) is 0 Å². The van der Waals surface area contributed by atoms with E-state index in [4.69, 9.17) is 9.15 Å². The number of hydrogen-bond donors (Lipinski definition) is 1. The van der Waals surface area contributed by atoms with E-state index in [0.717, 1.165) is 50.6 Å². The molecule has 2 rings (SSSR count). The van der Waals surface area contributed by atoms with Crippen molar-refractivity contribution in [3.05, 3.63) is 11.8 Å². The van der Waals surface area contributed by atoms with Gasteiger partial charge in [0.25, 0.3) is 0 Å². The first kappa shape index (κ1) is 12.5. The third kappa shape index (κ3) is 4.09. The molecule has 1 fully saturated rings. The van der Waals surface area contributed by atoms with Crippen LogP contribution in [0.15, 0.2) is 4.42 Å². The molecule has 96 valence electrons. The molecule has 1 aliphatic rings. The van der Waals surface area contributed by atoms with Crippen molar-refractivity contribution in [2.75, 3.05) is 20.2 Å². The van der Waals surface area contributed by atoms with Gasteiger partial charge in [-0.2, -0.15) is 0 Å². The van der Waals surface area contributed by atoms with Crippen LogP contribution in [-0.4, -0.2) is 36.5 Å². The van der Waals surface area contributed by atoms with Gasteiger partial charge < -0.3 is 14.5 Å². The molecule has 1 saturated heterocycles. The molecule has 0 amide bonds. The topological polar surface area (TPSA) is 60.2 Å². The van der Waals surface area contributed by atoms with Crippen molar-refractivity contribution >= 4 is 0 Å². The Hall–Kier alpha value is -0.940. The van der Waals surface area contributed by atoms with E-state index < -0.39 is 0 Å². The van der Waals surface area contributed by atoms with E-state index in [1.165, 1.54) is 12.8 Å². The van der Waals surface area contributed by atoms with Gasteiger partial charge in [-0.3, -0.25) is 0 Å². The lowest BCUT2D eigenvalue weighted by atomic mass is 10.1. The Labute approximate surface area is 102 Å². The predicted octanol–water partition coefficient (Wildman–Crippen LogP) is 1.33. The SMILES string of the molecule is CNCCCc1nnc(CC2CCCCO2)o1. The van der Waals surface area contributed by atoms with Crippen molar-refractivity contribution in [2.24, 2.45) is 0 Å². The minimum absolute atomic E-state index is 0.273. The van der Waals surface area contributed by atoms with E-state index in [9.17, 15) is 0 Å². The van der Waals surface area contributed by atoms with Gasteiger partial charge in [0, 0.05) is 13.0 Å². The second-order valence-electron chi connectivity index (χ2n) is 4.49. The highest BCUT2D eigenvalue weighted by atomic mass is 16.5. The minimum atomic E-state index is 0.273. The number of nitrogens with zero attached hydrogens (tertiary/aromatic N) is 2. The number of aromatic nitrogens is 2. The second kappa shape index (κ2) is 6.71. The first-order valence-electron chi connectivity index (χ1n) is 6.46. The lowest BCUT2D eigenvalue weighted by Crippen LogP contribution is -2.21. The fourth-order valence-electron chi connectivity index (χ4n) is 2.05. The minimum Gasteiger partial charge on any atom is -0.425 e. The lowest BCUT2D eigenvalue weighted by Gasteiger charge is -2.20. The van der Waals surface area contributed by atoms with Crippen molar-refractivity contribution in [1.29, 1.82) is 0 Å². The number of ether oxygens (including phenoxy) is 1. The molecule has 17 heavy (non-hydrogen) atoms. The summed E-state index contributed by atoms with van der Waals surface area (Å²) < 4.78 is 11.3. The molecular formula is C12H21N3O2. The van der Waals surface area contributed by atoms with Crippen molar-refractivity contribution in [3.63, 3.8) is 0 Å². The molecule has 1 aromatic rings. The Balaban J connectivity index is 1.76. The number of hydrogen-bond acceptors (Lipinski definition) is 5. The Morgan fingerprint density at radius 3 is 2.94 bits per heavy atom. The van der Waals surface area contributed by atoms with Gasteiger partial charge in [-0.15, -0.1) is 10.2 Å². The van der Waals surface area contributed by atoms with Crippen LogP contribution in [0.1, 0.15) is 37.5 Å². The highest BCUT2D eigenvalue weighted by Crippen LogP contribution is 2.16. The van der Waals surface area contributed by atoms with Gasteiger partial charge in [0.15, 0.2) is 0 Å². The molecule has 0 spiro atoms. The molecule has 0 aliphatic carbocycles. The molecule has 1 atom stereocenters. The van der Waals surface area contributed by atoms with Crippen LogP contribution in [-0.2, 0) is 17.6 Å². The highest BCUT2D eigenvalue weighted by Gasteiger charge is 2.17. The lowest BCUT2D eigenvalue weighted by molar-refractivity contribution is 0.0130. The molecule has 0 aromatic carbocycles. The fourth-order valence-corrected chi connectivity index (χ4v) is 2.05. The fraction of sp³-hybridized carbons (Fsp3) is 0.833. The molecule has 1 aliphatic heterocycles. The number of nitrogens with one attached hydrogen (secondary N) is 1. The van der Waals surface area contributed by atoms with Crippen molar-refractivity contribution < 1.29 is 9.15 Å². The van der Waals surface area contributed by atoms with Gasteiger partial charge in [-0.25, -0.2) is 0 Å². The van der Waals surface area contributed by atoms with Crippen LogP contribution in [0.3, 0.4) is 0 Å². The monoisotopic (exact) mass is 239 g/mol. The van der Waals surface area contributed by atoms with E-state index >= 15 is 0 Å². The maximum absolute atomic E-state index is 5.65. The van der Waals surface area contributed by atoms with Crippen LogP contribution >= 0.6 is 0 Å². The highest BCUT2D eigenvalue weighted by molar-refractivity contribution is 4.85. The first-order valence-corrected chi connectivity index (χ1v) is 6.46. The van der Waals surface area contributed by atoms with Gasteiger partial charge in [-0.05, 0) is 39.3 Å². The third-order valence-electron chi connectivity index (χ3n) is 3.00. The molecule has 0 saturated carbocycles. The first-order chi connectivity index (χ1) is 8.38. The average Bonchev–Trinajstić information content (AvgIpc) is 2.79. The summed E-state index contributed by atoms with van der Waals surface area (Å²) in [5.74, 6) is 1.46. The van der Waals surface area contributed by atoms with Gasteiger partial charge in [0.05, 0.1) is 12.5 Å². The van der Waals surface area contributed by atoms with E-state index in [-0.39, 0.29) is 6.10 Å². The Kier molecular flexibility index (Phi) is 4.94. The van der Waals surface area contributed by atoms with Crippen molar-refractivity contribution in [3.8, 4) is 0 Å². The smallest absolute Gasteiger partial charge is 0.219 e. The molecular weight excluding hydrogens is 218 g/mol. The van der Waals surface area contributed by atoms with Crippen molar-refractivity contribution in [1.82, 2.24) is 15.5 Å². The van der Waals surface area contributed by atoms with Gasteiger partial charge >= 0.3 is 0 Å². The standard InChI is InChI=1S/C12H21N3O2/c1-13-7-4-6-11-14-15-12(17-11)9-10-5-2-3-8-16-10/h10,13H,2-9H2,1H3. The van der Waals surface area contributed by atoms with Crippen LogP contribution in [0.4, 0.5) is 0 Å². The summed E-state index contributed by atoms with van der Waals surface area (Å²) in [6, 6.07) is 0. The summed E-state index contributed by atoms with van der Waals surface area (Å²) in [5.41, 5.74) is 0. The maximum Gasteiger partial charge on any atom is 0.219 e. The summed E-state index contributed by atoms with van der Waals surface area (Å²) in [5, 5.41) is 11.2. The molecule has 5 nitrogen and oxygen atoms in total. The Morgan fingerprint density at radius 1 is 1.29 bits per heavy atom. The molecule has 1 N–H and O–H groups in total. The number of rotatable bonds is 6. The quantitative estimate of drug-likeness (QED) is 0.759. The van der Waals surface area contributed by atoms with Crippen LogP contribution in [0, 0.1) is 0 Å². The Bertz CT molecular complexity index is 321. The predicted molar refractivity (Wildman–Crippen MR) is 63.8 cm³/mol. The second-order valence-corrected chi connectivity index (χ2v) is 4.49. The summed E-state index contributed by atoms with van der Waals surface area (Å²) >= 11 is 0. The van der Waals surface area contributed by atoms with Crippen LogP contribution < -0.4 is 5.32 Å². The Morgan fingerprint density at radius 2 is 2.18 bits per heavy atom. The molecule has 5 heteroatoms. The summed E-state index contributed by atoms with van der Waals surface area (Å²) in [7, 11) is 1.94. The maximum atomic E-state index is 5.65. The van der Waals surface area contributed by atoms with Crippen molar-refractivity contribution in [2.45, 2.75) is 44.6 Å². The molecule has 2 heterocycles. The summed E-state index contributed by atoms with van der Waals surface area (Å²) in [6.07, 6.45) is 6.44. The molecule has 0 bridgehead atoms. The van der Waals surface area contributed by atoms with Crippen LogP contribution in [0.25, 0.3) is 0 Å². The average molecular weight is 239 g/mol. The van der Waals surface area contributed by atoms with Gasteiger partial charge in [0.2, 0.25) is 11.8 Å². The largest absolute Gasteiger partial charge is 0.425 e. The third-order valence-corrected chi connectivity index (χ3v) is 3.00. The molecule has 1 aromatic heterocycles. The zero-order chi connectivity index (χ0) is 11.9. The van der Waals surface area contributed by atoms with Gasteiger partial charge in [0.1, 0.15) is 0 Å². The van der Waals surface area contributed by atoms with E-state index in [1.807, 2.05) is 7.05 Å².